The molecule has 1 aliphatic heterocycles. The van der Waals surface area contributed by atoms with Crippen molar-refractivity contribution in [3.8, 4) is 11.5 Å². The Morgan fingerprint density at radius 2 is 2.00 bits per heavy atom. The van der Waals surface area contributed by atoms with E-state index >= 15 is 0 Å². The number of halogens is 1. The van der Waals surface area contributed by atoms with E-state index in [1.807, 2.05) is 0 Å². The van der Waals surface area contributed by atoms with Gasteiger partial charge in [-0.1, -0.05) is 6.07 Å². The molecule has 9 nitrogen and oxygen atoms in total. The van der Waals surface area contributed by atoms with Gasteiger partial charge < -0.3 is 19.3 Å². The number of rotatable bonds is 7. The molecule has 3 rings (SSSR count). The Labute approximate surface area is 202 Å². The number of likely N-dealkylation sites (N-methyl/N-ethyl adjacent to an activating group) is 1. The summed E-state index contributed by atoms with van der Waals surface area (Å²) >= 11 is 4.56. The monoisotopic (exact) mass is 534 g/mol. The quantitative estimate of drug-likeness (QED) is 0.419. The van der Waals surface area contributed by atoms with Gasteiger partial charge in [0.2, 0.25) is 0 Å². The summed E-state index contributed by atoms with van der Waals surface area (Å²) in [6.07, 6.45) is 1.68. The van der Waals surface area contributed by atoms with Gasteiger partial charge in [-0.3, -0.25) is 9.69 Å². The van der Waals surface area contributed by atoms with Crippen LogP contribution in [0.2, 0.25) is 0 Å². The van der Waals surface area contributed by atoms with Crippen molar-refractivity contribution in [2.75, 3.05) is 27.9 Å². The maximum absolute atomic E-state index is 12.7. The first kappa shape index (κ1) is 24.3. The topological polar surface area (TPSA) is 115 Å². The number of ether oxygens (including phenoxy) is 3. The number of nitrogens with zero attached hydrogens (tertiary/aromatic N) is 2. The first-order valence-corrected chi connectivity index (χ1v) is 11.0. The molecule has 0 atom stereocenters. The van der Waals surface area contributed by atoms with Gasteiger partial charge in [0.25, 0.3) is 5.91 Å². The standard InChI is InChI=1S/C22H19BrN2O7S/c1-25-20(27)17(33-22(25)24-14-6-4-5-13(10-14)21(28)29)9-12-7-15(23)19(16(8-12)30-2)32-11-18(26)31-3/h4-10H,11H2,1-3H3,(H,28,29)/b17-9+,24-22?. The molecule has 0 unspecified atom stereocenters. The molecule has 0 aliphatic carbocycles. The number of thioether (sulfide) groups is 1. The summed E-state index contributed by atoms with van der Waals surface area (Å²) in [6, 6.07) is 9.55. The molecular weight excluding hydrogens is 516 g/mol. The zero-order valence-electron chi connectivity index (χ0n) is 17.8. The molecule has 1 aliphatic rings. The Kier molecular flexibility index (Phi) is 7.77. The third-order valence-electron chi connectivity index (χ3n) is 4.43. The molecular formula is C22H19BrN2O7S. The summed E-state index contributed by atoms with van der Waals surface area (Å²) in [5.41, 5.74) is 1.19. The van der Waals surface area contributed by atoms with Crippen LogP contribution in [0.1, 0.15) is 15.9 Å². The average molecular weight is 535 g/mol. The van der Waals surface area contributed by atoms with Crippen LogP contribution in [-0.4, -0.2) is 60.9 Å². The van der Waals surface area contributed by atoms with E-state index in [0.717, 1.165) is 11.8 Å². The van der Waals surface area contributed by atoms with Crippen LogP contribution in [0.5, 0.6) is 11.5 Å². The smallest absolute Gasteiger partial charge is 0.343 e. The van der Waals surface area contributed by atoms with Crippen LogP contribution >= 0.6 is 27.7 Å². The van der Waals surface area contributed by atoms with Crippen LogP contribution in [0.3, 0.4) is 0 Å². The van der Waals surface area contributed by atoms with Crippen molar-refractivity contribution in [3.05, 3.63) is 56.9 Å². The number of amides is 1. The van der Waals surface area contributed by atoms with Crippen LogP contribution in [0.25, 0.3) is 6.08 Å². The second-order valence-electron chi connectivity index (χ2n) is 6.62. The van der Waals surface area contributed by atoms with Crippen LogP contribution in [0, 0.1) is 0 Å². The number of carbonyl (C=O) groups excluding carboxylic acids is 2. The molecule has 1 fully saturated rings. The third kappa shape index (κ3) is 5.74. The number of aliphatic imine (C=N–C) groups is 1. The highest BCUT2D eigenvalue weighted by molar-refractivity contribution is 9.10. The minimum Gasteiger partial charge on any atom is -0.493 e. The average Bonchev–Trinajstić information content (AvgIpc) is 3.05. The number of carbonyl (C=O) groups is 3. The predicted molar refractivity (Wildman–Crippen MR) is 127 cm³/mol. The molecule has 0 saturated carbocycles. The first-order chi connectivity index (χ1) is 15.7. The van der Waals surface area contributed by atoms with E-state index in [9.17, 15) is 14.4 Å². The molecule has 0 bridgehead atoms. The summed E-state index contributed by atoms with van der Waals surface area (Å²) in [7, 11) is 4.32. The predicted octanol–water partition coefficient (Wildman–Crippen LogP) is 3.94. The zero-order chi connectivity index (χ0) is 24.1. The van der Waals surface area contributed by atoms with E-state index in [-0.39, 0.29) is 18.1 Å². The molecule has 1 saturated heterocycles. The first-order valence-electron chi connectivity index (χ1n) is 9.40. The maximum Gasteiger partial charge on any atom is 0.343 e. The number of methoxy groups -OCH3 is 2. The number of amidine groups is 1. The van der Waals surface area contributed by atoms with Gasteiger partial charge in [0, 0.05) is 7.05 Å². The van der Waals surface area contributed by atoms with E-state index in [2.05, 4.69) is 25.7 Å². The third-order valence-corrected chi connectivity index (χ3v) is 6.08. The van der Waals surface area contributed by atoms with E-state index in [1.54, 1.807) is 37.4 Å². The van der Waals surface area contributed by atoms with Crippen molar-refractivity contribution in [1.82, 2.24) is 4.90 Å². The molecule has 0 spiro atoms. The summed E-state index contributed by atoms with van der Waals surface area (Å²) in [6.45, 7) is -0.284. The maximum atomic E-state index is 12.7. The fourth-order valence-corrected chi connectivity index (χ4v) is 4.34. The number of esters is 1. The van der Waals surface area contributed by atoms with Gasteiger partial charge in [0.05, 0.1) is 34.8 Å². The lowest BCUT2D eigenvalue weighted by atomic mass is 10.2. The Morgan fingerprint density at radius 3 is 2.67 bits per heavy atom. The molecule has 1 heterocycles. The van der Waals surface area contributed by atoms with Crippen LogP contribution < -0.4 is 9.47 Å². The summed E-state index contributed by atoms with van der Waals surface area (Å²) in [4.78, 5) is 41.5. The van der Waals surface area contributed by atoms with Crippen molar-refractivity contribution < 1.29 is 33.7 Å². The molecule has 33 heavy (non-hydrogen) atoms. The highest BCUT2D eigenvalue weighted by Gasteiger charge is 2.30. The minimum absolute atomic E-state index is 0.107. The summed E-state index contributed by atoms with van der Waals surface area (Å²) in [5, 5.41) is 9.57. The molecule has 0 radical (unpaired) electrons. The van der Waals surface area contributed by atoms with Crippen molar-refractivity contribution in [3.63, 3.8) is 0 Å². The second-order valence-corrected chi connectivity index (χ2v) is 8.49. The fraction of sp³-hybridized carbons (Fsp3) is 0.182. The number of carboxylic acids is 1. The normalized spacial score (nSPS) is 15.8. The van der Waals surface area contributed by atoms with Gasteiger partial charge in [-0.25, -0.2) is 14.6 Å². The molecule has 1 amide bonds. The molecule has 0 aromatic heterocycles. The van der Waals surface area contributed by atoms with Crippen LogP contribution in [-0.2, 0) is 14.3 Å². The van der Waals surface area contributed by atoms with Crippen molar-refractivity contribution >= 4 is 62.5 Å². The Bertz CT molecular complexity index is 1180. The largest absolute Gasteiger partial charge is 0.493 e. The van der Waals surface area contributed by atoms with Crippen molar-refractivity contribution in [2.45, 2.75) is 0 Å². The van der Waals surface area contributed by atoms with Crippen LogP contribution in [0.15, 0.2) is 50.8 Å². The van der Waals surface area contributed by atoms with Crippen molar-refractivity contribution in [1.29, 1.82) is 0 Å². The molecule has 2 aromatic carbocycles. The fourth-order valence-electron chi connectivity index (χ4n) is 2.78. The Hall–Kier alpha value is -3.31. The molecule has 172 valence electrons. The van der Waals surface area contributed by atoms with Crippen molar-refractivity contribution in [2.24, 2.45) is 4.99 Å². The lowest BCUT2D eigenvalue weighted by Crippen LogP contribution is -2.23. The van der Waals surface area contributed by atoms with Gasteiger partial charge in [-0.05, 0) is 69.7 Å². The number of hydrogen-bond donors (Lipinski definition) is 1. The Morgan fingerprint density at radius 1 is 1.24 bits per heavy atom. The van der Waals surface area contributed by atoms with Gasteiger partial charge >= 0.3 is 11.9 Å². The second kappa shape index (κ2) is 10.5. The zero-order valence-corrected chi connectivity index (χ0v) is 20.2. The van der Waals surface area contributed by atoms with E-state index in [1.165, 1.54) is 31.3 Å². The van der Waals surface area contributed by atoms with Gasteiger partial charge in [0.1, 0.15) is 0 Å². The lowest BCUT2D eigenvalue weighted by Gasteiger charge is -2.13. The van der Waals surface area contributed by atoms with Gasteiger partial charge in [-0.15, -0.1) is 0 Å². The summed E-state index contributed by atoms with van der Waals surface area (Å²) < 4.78 is 15.9. The number of hydrogen-bond acceptors (Lipinski definition) is 8. The number of benzene rings is 2. The van der Waals surface area contributed by atoms with Gasteiger partial charge in [-0.2, -0.15) is 0 Å². The highest BCUT2D eigenvalue weighted by atomic mass is 79.9. The lowest BCUT2D eigenvalue weighted by molar-refractivity contribution is -0.143. The molecule has 2 aromatic rings. The number of carboxylic acid groups (broad SMARTS) is 1. The molecule has 1 N–H and O–H groups in total. The van der Waals surface area contributed by atoms with Gasteiger partial charge in [0.15, 0.2) is 23.3 Å². The van der Waals surface area contributed by atoms with Crippen LogP contribution in [0.4, 0.5) is 5.69 Å². The number of aromatic carboxylic acids is 1. The highest BCUT2D eigenvalue weighted by Crippen LogP contribution is 2.39. The molecule has 11 heteroatoms. The Balaban J connectivity index is 1.88. The summed E-state index contributed by atoms with van der Waals surface area (Å²) in [5.74, 6) is -1.16. The van der Waals surface area contributed by atoms with E-state index in [4.69, 9.17) is 14.6 Å². The minimum atomic E-state index is -1.06. The van der Waals surface area contributed by atoms with E-state index < -0.39 is 11.9 Å². The SMILES string of the molecule is COC(=O)COc1c(Br)cc(/C=C2/SC(=Nc3cccc(C(=O)O)c3)N(C)C2=O)cc1OC. The van der Waals surface area contributed by atoms with E-state index in [0.29, 0.717) is 37.3 Å².